The molecule has 1 aliphatic heterocycles. The number of benzene rings is 2. The van der Waals surface area contributed by atoms with Crippen molar-refractivity contribution in [3.05, 3.63) is 64.8 Å². The number of hydrogen-bond donors (Lipinski definition) is 2. The average Bonchev–Trinajstić information content (AvgIpc) is 3.07. The van der Waals surface area contributed by atoms with E-state index in [1.807, 2.05) is 12.1 Å². The number of halogens is 1. The third kappa shape index (κ3) is 4.11. The predicted molar refractivity (Wildman–Crippen MR) is 112 cm³/mol. The van der Waals surface area contributed by atoms with Crippen molar-refractivity contribution in [1.29, 1.82) is 0 Å². The number of nitrogens with one attached hydrogen (secondary N) is 1. The number of H-pyrrole nitrogens is 1. The minimum Gasteiger partial charge on any atom is -0.339 e. The number of nitrogens with zero attached hydrogens (tertiary/aromatic N) is 3. The van der Waals surface area contributed by atoms with Gasteiger partial charge in [-0.3, -0.25) is 14.7 Å². The number of carbonyl (C=O) groups excluding carboxylic acids is 2. The Morgan fingerprint density at radius 1 is 1.07 bits per heavy atom. The monoisotopic (exact) mass is 411 g/mol. The fraction of sp³-hybridized carbons (Fsp3) is 0.286. The second-order valence-corrected chi connectivity index (χ2v) is 7.61. The lowest BCUT2D eigenvalue weighted by Gasteiger charge is -2.25. The number of aromatic nitrogens is 2. The molecule has 0 saturated carbocycles. The van der Waals surface area contributed by atoms with Gasteiger partial charge in [-0.2, -0.15) is 5.10 Å². The molecule has 0 spiro atoms. The van der Waals surface area contributed by atoms with Gasteiger partial charge in [-0.15, -0.1) is 0 Å². The molecule has 1 aromatic heterocycles. The van der Waals surface area contributed by atoms with Gasteiger partial charge in [0.15, 0.2) is 0 Å². The van der Waals surface area contributed by atoms with Crippen LogP contribution in [0.5, 0.6) is 0 Å². The second kappa shape index (κ2) is 8.23. The zero-order valence-electron chi connectivity index (χ0n) is 15.8. The summed E-state index contributed by atoms with van der Waals surface area (Å²) in [6.45, 7) is 2.08. The van der Waals surface area contributed by atoms with Crippen molar-refractivity contribution in [2.24, 2.45) is 5.73 Å². The Balaban J connectivity index is 1.43. The van der Waals surface area contributed by atoms with Crippen LogP contribution in [0, 0.1) is 0 Å². The molecule has 2 heterocycles. The summed E-state index contributed by atoms with van der Waals surface area (Å²) < 4.78 is 0. The Bertz CT molecular complexity index is 1050. The molecule has 1 fully saturated rings. The lowest BCUT2D eigenvalue weighted by atomic mass is 10.1. The van der Waals surface area contributed by atoms with Crippen LogP contribution >= 0.6 is 11.6 Å². The molecular formula is C21H22ClN5O2. The highest BCUT2D eigenvalue weighted by atomic mass is 35.5. The highest BCUT2D eigenvalue weighted by Crippen LogP contribution is 2.20. The van der Waals surface area contributed by atoms with Crippen LogP contribution in [0.25, 0.3) is 10.9 Å². The van der Waals surface area contributed by atoms with Gasteiger partial charge in [-0.05, 0) is 42.3 Å². The maximum Gasteiger partial charge on any atom is 0.253 e. The van der Waals surface area contributed by atoms with E-state index in [2.05, 4.69) is 10.2 Å². The van der Waals surface area contributed by atoms with Crippen LogP contribution in [0.1, 0.15) is 28.4 Å². The van der Waals surface area contributed by atoms with E-state index in [9.17, 15) is 9.59 Å². The molecule has 7 nitrogen and oxygen atoms in total. The van der Waals surface area contributed by atoms with E-state index in [0.717, 1.165) is 10.9 Å². The Hall–Kier alpha value is -2.90. The van der Waals surface area contributed by atoms with E-state index in [1.165, 1.54) is 0 Å². The minimum absolute atomic E-state index is 0.0402. The number of rotatable bonds is 3. The normalized spacial score (nSPS) is 15.9. The standard InChI is InChI=1S/C21H22ClN5O2/c22-17-4-1-3-14(12-17)19(23)21(29)27-8-2-7-26(9-10-27)20(28)15-5-6-18-16(11-15)13-24-25-18/h1,3-6,11-13,19H,2,7-10,23H2,(H,24,25). The van der Waals surface area contributed by atoms with Gasteiger partial charge < -0.3 is 15.5 Å². The molecule has 3 N–H and O–H groups in total. The van der Waals surface area contributed by atoms with Crippen LogP contribution in [0.15, 0.2) is 48.7 Å². The van der Waals surface area contributed by atoms with E-state index >= 15 is 0 Å². The Morgan fingerprint density at radius 2 is 1.86 bits per heavy atom. The van der Waals surface area contributed by atoms with Crippen molar-refractivity contribution in [3.63, 3.8) is 0 Å². The molecule has 1 unspecified atom stereocenters. The van der Waals surface area contributed by atoms with E-state index in [-0.39, 0.29) is 11.8 Å². The molecule has 2 aromatic carbocycles. The Kier molecular flexibility index (Phi) is 5.51. The molecule has 1 atom stereocenters. The van der Waals surface area contributed by atoms with Crippen LogP contribution < -0.4 is 5.73 Å². The van der Waals surface area contributed by atoms with Gasteiger partial charge in [0, 0.05) is 42.2 Å². The molecule has 2 amide bonds. The number of hydrogen-bond acceptors (Lipinski definition) is 4. The van der Waals surface area contributed by atoms with Gasteiger partial charge in [0.05, 0.1) is 11.7 Å². The van der Waals surface area contributed by atoms with Crippen molar-refractivity contribution in [3.8, 4) is 0 Å². The SMILES string of the molecule is NC(C(=O)N1CCCN(C(=O)c2ccc3[nH]ncc3c2)CC1)c1cccc(Cl)c1. The van der Waals surface area contributed by atoms with E-state index in [1.54, 1.807) is 46.3 Å². The largest absolute Gasteiger partial charge is 0.339 e. The first kappa shape index (κ1) is 19.4. The lowest BCUT2D eigenvalue weighted by Crippen LogP contribution is -2.41. The summed E-state index contributed by atoms with van der Waals surface area (Å²) >= 11 is 6.02. The van der Waals surface area contributed by atoms with Crippen molar-refractivity contribution < 1.29 is 9.59 Å². The van der Waals surface area contributed by atoms with Crippen molar-refractivity contribution in [2.75, 3.05) is 26.2 Å². The zero-order valence-corrected chi connectivity index (χ0v) is 16.6. The quantitative estimate of drug-likeness (QED) is 0.692. The van der Waals surface area contributed by atoms with Gasteiger partial charge in [-0.25, -0.2) is 0 Å². The van der Waals surface area contributed by atoms with Gasteiger partial charge in [0.1, 0.15) is 6.04 Å². The summed E-state index contributed by atoms with van der Waals surface area (Å²) in [4.78, 5) is 29.3. The van der Waals surface area contributed by atoms with Gasteiger partial charge in [-0.1, -0.05) is 23.7 Å². The van der Waals surface area contributed by atoms with E-state index < -0.39 is 6.04 Å². The van der Waals surface area contributed by atoms with Crippen LogP contribution in [-0.2, 0) is 4.79 Å². The highest BCUT2D eigenvalue weighted by Gasteiger charge is 2.27. The molecule has 0 bridgehead atoms. The van der Waals surface area contributed by atoms with Crippen LogP contribution in [-0.4, -0.2) is 58.0 Å². The van der Waals surface area contributed by atoms with Crippen molar-refractivity contribution in [1.82, 2.24) is 20.0 Å². The van der Waals surface area contributed by atoms with Gasteiger partial charge >= 0.3 is 0 Å². The van der Waals surface area contributed by atoms with Crippen molar-refractivity contribution >= 4 is 34.3 Å². The molecule has 1 aliphatic rings. The zero-order chi connectivity index (χ0) is 20.4. The Morgan fingerprint density at radius 3 is 2.69 bits per heavy atom. The molecule has 1 saturated heterocycles. The molecular weight excluding hydrogens is 390 g/mol. The summed E-state index contributed by atoms with van der Waals surface area (Å²) in [6.07, 6.45) is 2.40. The third-order valence-corrected chi connectivity index (χ3v) is 5.49. The number of fused-ring (bicyclic) bond motifs is 1. The van der Waals surface area contributed by atoms with Crippen LogP contribution in [0.4, 0.5) is 0 Å². The summed E-state index contributed by atoms with van der Waals surface area (Å²) in [6, 6.07) is 11.8. The fourth-order valence-corrected chi connectivity index (χ4v) is 3.84. The maximum absolute atomic E-state index is 12.9. The second-order valence-electron chi connectivity index (χ2n) is 7.18. The van der Waals surface area contributed by atoms with Gasteiger partial charge in [0.25, 0.3) is 5.91 Å². The topological polar surface area (TPSA) is 95.3 Å². The van der Waals surface area contributed by atoms with Crippen LogP contribution in [0.3, 0.4) is 0 Å². The first-order chi connectivity index (χ1) is 14.0. The first-order valence-corrected chi connectivity index (χ1v) is 9.93. The number of aromatic amines is 1. The number of amides is 2. The Labute approximate surface area is 173 Å². The molecule has 4 rings (SSSR count). The molecule has 0 radical (unpaired) electrons. The molecule has 29 heavy (non-hydrogen) atoms. The fourth-order valence-electron chi connectivity index (χ4n) is 3.64. The molecule has 8 heteroatoms. The molecule has 0 aliphatic carbocycles. The predicted octanol–water partition coefficient (Wildman–Crippen LogP) is 2.59. The highest BCUT2D eigenvalue weighted by molar-refractivity contribution is 6.30. The summed E-state index contributed by atoms with van der Waals surface area (Å²) in [7, 11) is 0. The van der Waals surface area contributed by atoms with Gasteiger partial charge in [0.2, 0.25) is 5.91 Å². The molecule has 3 aromatic rings. The number of nitrogens with two attached hydrogens (primary N) is 1. The summed E-state index contributed by atoms with van der Waals surface area (Å²) in [5.74, 6) is -0.192. The summed E-state index contributed by atoms with van der Waals surface area (Å²) in [5, 5.41) is 8.32. The molecule has 150 valence electrons. The number of carbonyl (C=O) groups is 2. The van der Waals surface area contributed by atoms with Crippen LogP contribution in [0.2, 0.25) is 5.02 Å². The maximum atomic E-state index is 12.9. The smallest absolute Gasteiger partial charge is 0.253 e. The van der Waals surface area contributed by atoms with E-state index in [0.29, 0.717) is 48.7 Å². The third-order valence-electron chi connectivity index (χ3n) is 5.26. The van der Waals surface area contributed by atoms with E-state index in [4.69, 9.17) is 17.3 Å². The summed E-state index contributed by atoms with van der Waals surface area (Å²) in [5.41, 5.74) is 8.38. The first-order valence-electron chi connectivity index (χ1n) is 9.55. The lowest BCUT2D eigenvalue weighted by molar-refractivity contribution is -0.132. The van der Waals surface area contributed by atoms with Crippen molar-refractivity contribution in [2.45, 2.75) is 12.5 Å². The minimum atomic E-state index is -0.764. The average molecular weight is 412 g/mol.